The summed E-state index contributed by atoms with van der Waals surface area (Å²) in [5.41, 5.74) is 15.6. The first-order chi connectivity index (χ1) is 23.8. The summed E-state index contributed by atoms with van der Waals surface area (Å²) in [7, 11) is 0. The van der Waals surface area contributed by atoms with Gasteiger partial charge < -0.3 is 9.88 Å². The minimum absolute atomic E-state index is 0.0211. The lowest BCUT2D eigenvalue weighted by molar-refractivity contribution is 0.590. The lowest BCUT2D eigenvalue weighted by Gasteiger charge is -2.23. The molecule has 0 saturated carbocycles. The molecule has 5 aromatic carbocycles. The maximum atomic E-state index is 4.66. The molecule has 2 heteroatoms. The number of rotatable bonds is 8. The summed E-state index contributed by atoms with van der Waals surface area (Å²) in [5.74, 6) is 0. The molecule has 0 unspecified atom stereocenters. The zero-order valence-electron chi connectivity index (χ0n) is 29.0. The van der Waals surface area contributed by atoms with Gasteiger partial charge in [0.25, 0.3) is 0 Å². The van der Waals surface area contributed by atoms with Crippen molar-refractivity contribution in [3.63, 3.8) is 0 Å². The Balaban J connectivity index is 1.31. The van der Waals surface area contributed by atoms with Crippen LogP contribution in [0.15, 0.2) is 163 Å². The second-order valence-corrected chi connectivity index (χ2v) is 13.9. The normalized spacial score (nSPS) is 13.4. The van der Waals surface area contributed by atoms with E-state index in [-0.39, 0.29) is 5.41 Å². The Hall–Kier alpha value is -5.60. The molecule has 0 aliphatic heterocycles. The van der Waals surface area contributed by atoms with Crippen LogP contribution in [0.25, 0.3) is 39.4 Å². The molecule has 49 heavy (non-hydrogen) atoms. The maximum Gasteiger partial charge on any atom is 0.0537 e. The molecule has 0 amide bonds. The van der Waals surface area contributed by atoms with Crippen LogP contribution >= 0.6 is 0 Å². The monoisotopic (exact) mass is 636 g/mol. The fraction of sp³-hybridized carbons (Fsp3) is 0.149. The Labute approximate surface area is 291 Å². The summed E-state index contributed by atoms with van der Waals surface area (Å²) >= 11 is 0. The lowest BCUT2D eigenvalue weighted by Crippen LogP contribution is -2.11. The molecule has 2 nitrogen and oxygen atoms in total. The largest absolute Gasteiger partial charge is 0.355 e. The SMILES string of the molecule is C=C(/C=C(\C=CC)C1=Cc2c(n(-c3cccc(-c4ccccc4)c3)c3ccccc23)CC1)c1cc(C(C)(C)C)ccc1Nc1ccccc1. The Morgan fingerprint density at radius 3 is 2.22 bits per heavy atom. The molecule has 0 spiro atoms. The van der Waals surface area contributed by atoms with Crippen LogP contribution in [0.3, 0.4) is 0 Å². The first kappa shape index (κ1) is 32.0. The zero-order valence-corrected chi connectivity index (χ0v) is 29.0. The van der Waals surface area contributed by atoms with Gasteiger partial charge in [-0.05, 0) is 113 Å². The van der Waals surface area contributed by atoms with Crippen LogP contribution in [0.2, 0.25) is 0 Å². The van der Waals surface area contributed by atoms with Gasteiger partial charge in [-0.2, -0.15) is 0 Å². The van der Waals surface area contributed by atoms with Gasteiger partial charge in [0.15, 0.2) is 0 Å². The highest BCUT2D eigenvalue weighted by atomic mass is 15.0. The highest BCUT2D eigenvalue weighted by Gasteiger charge is 2.23. The molecule has 0 atom stereocenters. The van der Waals surface area contributed by atoms with Crippen molar-refractivity contribution in [2.45, 2.75) is 46.0 Å². The minimum Gasteiger partial charge on any atom is -0.355 e. The summed E-state index contributed by atoms with van der Waals surface area (Å²) in [5, 5.41) is 4.94. The molecular formula is C47H44N2. The fourth-order valence-electron chi connectivity index (χ4n) is 6.96. The van der Waals surface area contributed by atoms with E-state index in [1.165, 1.54) is 55.7 Å². The highest BCUT2D eigenvalue weighted by Crippen LogP contribution is 2.40. The van der Waals surface area contributed by atoms with Crippen molar-refractivity contribution >= 4 is 33.9 Å². The van der Waals surface area contributed by atoms with Crippen molar-refractivity contribution in [1.29, 1.82) is 0 Å². The molecule has 242 valence electrons. The number of benzene rings is 5. The number of hydrogen-bond acceptors (Lipinski definition) is 1. The molecule has 1 aliphatic carbocycles. The third-order valence-corrected chi connectivity index (χ3v) is 9.51. The maximum absolute atomic E-state index is 4.66. The molecule has 1 N–H and O–H groups in total. The van der Waals surface area contributed by atoms with Crippen molar-refractivity contribution in [2.75, 3.05) is 5.32 Å². The standard InChI is InChI=1S/C47H44N2/c1-6-16-35(29-33(2)42-32-38(47(3,4)5)26-27-44(42)48-39-20-11-8-12-21-39)37-25-28-46-43(31-37)41-23-13-14-24-45(41)49(46)40-22-15-19-36(30-40)34-17-9-7-10-18-34/h6-24,26-27,29-32,48H,2,25,28H2,1,3-5H3/b16-6?,35-29+. The average molecular weight is 637 g/mol. The molecule has 0 saturated heterocycles. The predicted octanol–water partition coefficient (Wildman–Crippen LogP) is 12.9. The van der Waals surface area contributed by atoms with Crippen LogP contribution in [-0.2, 0) is 11.8 Å². The molecular weight excluding hydrogens is 593 g/mol. The van der Waals surface area contributed by atoms with Gasteiger partial charge in [-0.1, -0.05) is 124 Å². The van der Waals surface area contributed by atoms with E-state index in [2.05, 4.69) is 190 Å². The van der Waals surface area contributed by atoms with Crippen molar-refractivity contribution in [1.82, 2.24) is 4.57 Å². The van der Waals surface area contributed by atoms with Gasteiger partial charge in [0.05, 0.1) is 5.52 Å². The van der Waals surface area contributed by atoms with Gasteiger partial charge in [0.2, 0.25) is 0 Å². The number of hydrogen-bond donors (Lipinski definition) is 1. The van der Waals surface area contributed by atoms with Crippen molar-refractivity contribution in [3.05, 3.63) is 186 Å². The third kappa shape index (κ3) is 6.60. The zero-order chi connectivity index (χ0) is 34.0. The van der Waals surface area contributed by atoms with Crippen LogP contribution in [0.1, 0.15) is 56.5 Å². The topological polar surface area (TPSA) is 17.0 Å². The van der Waals surface area contributed by atoms with Crippen LogP contribution in [-0.4, -0.2) is 4.57 Å². The lowest BCUT2D eigenvalue weighted by atomic mass is 9.84. The van der Waals surface area contributed by atoms with E-state index in [1.54, 1.807) is 0 Å². The first-order valence-electron chi connectivity index (χ1n) is 17.3. The van der Waals surface area contributed by atoms with Crippen molar-refractivity contribution < 1.29 is 0 Å². The van der Waals surface area contributed by atoms with E-state index in [0.717, 1.165) is 35.4 Å². The summed E-state index contributed by atoms with van der Waals surface area (Å²) in [4.78, 5) is 0. The number of aromatic nitrogens is 1. The van der Waals surface area contributed by atoms with Crippen LogP contribution in [0.4, 0.5) is 11.4 Å². The number of anilines is 2. The number of para-hydroxylation sites is 2. The molecule has 0 fully saturated rings. The first-order valence-corrected chi connectivity index (χ1v) is 17.3. The van der Waals surface area contributed by atoms with Gasteiger partial charge in [-0.25, -0.2) is 0 Å². The second kappa shape index (κ2) is 13.5. The highest BCUT2D eigenvalue weighted by molar-refractivity contribution is 5.95. The fourth-order valence-corrected chi connectivity index (χ4v) is 6.96. The Kier molecular flexibility index (Phi) is 8.80. The molecule has 1 aliphatic rings. The average Bonchev–Trinajstić information content (AvgIpc) is 3.46. The Morgan fingerprint density at radius 2 is 1.47 bits per heavy atom. The van der Waals surface area contributed by atoms with Crippen LogP contribution < -0.4 is 5.32 Å². The van der Waals surface area contributed by atoms with Crippen LogP contribution in [0.5, 0.6) is 0 Å². The van der Waals surface area contributed by atoms with Crippen molar-refractivity contribution in [3.8, 4) is 16.8 Å². The minimum atomic E-state index is 0.0211. The van der Waals surface area contributed by atoms with E-state index in [9.17, 15) is 0 Å². The number of allylic oxidation sites excluding steroid dienone is 6. The molecule has 1 aromatic heterocycles. The quantitative estimate of drug-likeness (QED) is 0.165. The number of fused-ring (bicyclic) bond motifs is 3. The number of nitrogens with one attached hydrogen (secondary N) is 1. The van der Waals surface area contributed by atoms with Crippen molar-refractivity contribution in [2.24, 2.45) is 0 Å². The number of nitrogens with zero attached hydrogens (tertiary/aromatic N) is 1. The summed E-state index contributed by atoms with van der Waals surface area (Å²) in [6, 6.07) is 45.5. The molecule has 7 rings (SSSR count). The predicted molar refractivity (Wildman–Crippen MR) is 212 cm³/mol. The third-order valence-electron chi connectivity index (χ3n) is 9.51. The molecule has 1 heterocycles. The summed E-state index contributed by atoms with van der Waals surface area (Å²) < 4.78 is 2.47. The van der Waals surface area contributed by atoms with E-state index < -0.39 is 0 Å². The smallest absolute Gasteiger partial charge is 0.0537 e. The molecule has 0 bridgehead atoms. The van der Waals surface area contributed by atoms with Gasteiger partial charge >= 0.3 is 0 Å². The van der Waals surface area contributed by atoms with Gasteiger partial charge in [0.1, 0.15) is 0 Å². The van der Waals surface area contributed by atoms with Gasteiger partial charge in [0, 0.05) is 39.3 Å². The van der Waals surface area contributed by atoms with Gasteiger partial charge in [-0.15, -0.1) is 0 Å². The van der Waals surface area contributed by atoms with Gasteiger partial charge in [-0.3, -0.25) is 0 Å². The molecule has 0 radical (unpaired) electrons. The Morgan fingerprint density at radius 1 is 0.755 bits per heavy atom. The summed E-state index contributed by atoms with van der Waals surface area (Å²) in [6.07, 6.45) is 11.0. The summed E-state index contributed by atoms with van der Waals surface area (Å²) in [6.45, 7) is 13.5. The van der Waals surface area contributed by atoms with E-state index >= 15 is 0 Å². The van der Waals surface area contributed by atoms with E-state index in [0.29, 0.717) is 0 Å². The van der Waals surface area contributed by atoms with E-state index in [4.69, 9.17) is 0 Å². The Bertz CT molecular complexity index is 2240. The van der Waals surface area contributed by atoms with E-state index in [1.807, 2.05) is 6.07 Å². The molecule has 6 aromatic rings. The van der Waals surface area contributed by atoms with Crippen LogP contribution in [0, 0.1) is 0 Å². The second-order valence-electron chi connectivity index (χ2n) is 13.9.